The predicted octanol–water partition coefficient (Wildman–Crippen LogP) is 3.72. The van der Waals surface area contributed by atoms with Crippen LogP contribution in [0.5, 0.6) is 5.75 Å². The lowest BCUT2D eigenvalue weighted by Gasteiger charge is -2.16. The Labute approximate surface area is 161 Å². The van der Waals surface area contributed by atoms with Crippen LogP contribution < -0.4 is 14.8 Å². The molecule has 0 spiro atoms. The molecule has 0 saturated carbocycles. The minimum absolute atomic E-state index is 0.0745. The first-order valence-electron chi connectivity index (χ1n) is 8.85. The third kappa shape index (κ3) is 5.55. The molecule has 0 bridgehead atoms. The van der Waals surface area contributed by atoms with Crippen LogP contribution in [-0.4, -0.2) is 27.5 Å². The number of carbonyl (C=O) groups excluding carboxylic acids is 1. The van der Waals surface area contributed by atoms with Gasteiger partial charge in [-0.1, -0.05) is 31.0 Å². The highest BCUT2D eigenvalue weighted by Gasteiger charge is 2.20. The van der Waals surface area contributed by atoms with E-state index in [1.54, 1.807) is 12.1 Å². The standard InChI is InChI=1S/C20H26N2O4S/c1-5-6-15(3)22-27(24,25)17-11-12-19(26-4)18(13-17)21-20(23)16-9-7-14(2)8-10-16/h7-13,15,22H,5-6H2,1-4H3,(H,21,23)/t15-/m0/s1. The first-order chi connectivity index (χ1) is 12.8. The molecule has 1 atom stereocenters. The van der Waals surface area contributed by atoms with E-state index in [2.05, 4.69) is 10.0 Å². The Hall–Kier alpha value is -2.38. The van der Waals surface area contributed by atoms with Crippen LogP contribution in [0.2, 0.25) is 0 Å². The molecule has 2 rings (SSSR count). The van der Waals surface area contributed by atoms with Crippen molar-refractivity contribution in [3.8, 4) is 5.75 Å². The van der Waals surface area contributed by atoms with Crippen molar-refractivity contribution in [1.82, 2.24) is 4.72 Å². The normalized spacial score (nSPS) is 12.4. The first kappa shape index (κ1) is 20.9. The lowest BCUT2D eigenvalue weighted by molar-refractivity contribution is 0.102. The summed E-state index contributed by atoms with van der Waals surface area (Å²) >= 11 is 0. The Bertz CT molecular complexity index is 893. The molecule has 6 nitrogen and oxygen atoms in total. The van der Waals surface area contributed by atoms with E-state index < -0.39 is 10.0 Å². The van der Waals surface area contributed by atoms with Crippen molar-refractivity contribution in [2.45, 2.75) is 44.6 Å². The minimum Gasteiger partial charge on any atom is -0.495 e. The van der Waals surface area contributed by atoms with E-state index in [1.165, 1.54) is 25.3 Å². The Balaban J connectivity index is 2.29. The molecule has 0 heterocycles. The number of carbonyl (C=O) groups is 1. The monoisotopic (exact) mass is 390 g/mol. The fourth-order valence-electron chi connectivity index (χ4n) is 2.68. The van der Waals surface area contributed by atoms with Gasteiger partial charge in [0.1, 0.15) is 5.75 Å². The molecule has 0 aliphatic heterocycles. The average molecular weight is 391 g/mol. The van der Waals surface area contributed by atoms with E-state index in [0.29, 0.717) is 17.0 Å². The second-order valence-electron chi connectivity index (χ2n) is 6.49. The molecule has 2 N–H and O–H groups in total. The highest BCUT2D eigenvalue weighted by molar-refractivity contribution is 7.89. The minimum atomic E-state index is -3.69. The highest BCUT2D eigenvalue weighted by atomic mass is 32.2. The number of amides is 1. The van der Waals surface area contributed by atoms with Gasteiger partial charge in [-0.15, -0.1) is 0 Å². The van der Waals surface area contributed by atoms with Crippen LogP contribution in [0.15, 0.2) is 47.4 Å². The summed E-state index contributed by atoms with van der Waals surface area (Å²) in [6, 6.07) is 11.3. The summed E-state index contributed by atoms with van der Waals surface area (Å²) in [5, 5.41) is 2.73. The van der Waals surface area contributed by atoms with Gasteiger partial charge in [0.25, 0.3) is 5.91 Å². The zero-order chi connectivity index (χ0) is 20.0. The molecule has 1 amide bonds. The maximum absolute atomic E-state index is 12.6. The van der Waals surface area contributed by atoms with Gasteiger partial charge in [0.05, 0.1) is 17.7 Å². The molecule has 2 aromatic carbocycles. The van der Waals surface area contributed by atoms with Gasteiger partial charge in [-0.25, -0.2) is 13.1 Å². The van der Waals surface area contributed by atoms with Crippen molar-refractivity contribution in [2.24, 2.45) is 0 Å². The summed E-state index contributed by atoms with van der Waals surface area (Å²) in [6.07, 6.45) is 1.62. The summed E-state index contributed by atoms with van der Waals surface area (Å²) in [6.45, 7) is 5.76. The molecule has 27 heavy (non-hydrogen) atoms. The summed E-state index contributed by atoms with van der Waals surface area (Å²) in [5.74, 6) is 0.0474. The SMILES string of the molecule is CCC[C@H](C)NS(=O)(=O)c1ccc(OC)c(NC(=O)c2ccc(C)cc2)c1. The second-order valence-corrected chi connectivity index (χ2v) is 8.21. The van der Waals surface area contributed by atoms with Crippen LogP contribution in [0.1, 0.15) is 42.6 Å². The van der Waals surface area contributed by atoms with Crippen molar-refractivity contribution in [3.05, 3.63) is 53.6 Å². The van der Waals surface area contributed by atoms with E-state index >= 15 is 0 Å². The van der Waals surface area contributed by atoms with Crippen molar-refractivity contribution in [3.63, 3.8) is 0 Å². The second kappa shape index (κ2) is 9.01. The van der Waals surface area contributed by atoms with Gasteiger partial charge in [0.2, 0.25) is 10.0 Å². The van der Waals surface area contributed by atoms with E-state index in [9.17, 15) is 13.2 Å². The van der Waals surface area contributed by atoms with Gasteiger partial charge >= 0.3 is 0 Å². The Morgan fingerprint density at radius 2 is 1.81 bits per heavy atom. The van der Waals surface area contributed by atoms with E-state index in [0.717, 1.165) is 18.4 Å². The summed E-state index contributed by atoms with van der Waals surface area (Å²) in [5.41, 5.74) is 1.82. The number of rotatable bonds is 8. The lowest BCUT2D eigenvalue weighted by Crippen LogP contribution is -2.32. The number of anilines is 1. The average Bonchev–Trinajstić information content (AvgIpc) is 2.62. The molecule has 0 radical (unpaired) electrons. The van der Waals surface area contributed by atoms with Gasteiger partial charge in [-0.2, -0.15) is 0 Å². The molecule has 0 saturated heterocycles. The maximum Gasteiger partial charge on any atom is 0.255 e. The number of benzene rings is 2. The Kier molecular flexibility index (Phi) is 6.98. The third-order valence-electron chi connectivity index (χ3n) is 4.12. The van der Waals surface area contributed by atoms with E-state index in [1.807, 2.05) is 32.9 Å². The molecule has 146 valence electrons. The largest absolute Gasteiger partial charge is 0.495 e. The topological polar surface area (TPSA) is 84.5 Å². The fraction of sp³-hybridized carbons (Fsp3) is 0.350. The highest BCUT2D eigenvalue weighted by Crippen LogP contribution is 2.28. The van der Waals surface area contributed by atoms with Crippen LogP contribution in [0.4, 0.5) is 5.69 Å². The molecular formula is C20H26N2O4S. The third-order valence-corrected chi connectivity index (χ3v) is 5.71. The van der Waals surface area contributed by atoms with Crippen molar-refractivity contribution >= 4 is 21.6 Å². The molecule has 0 aromatic heterocycles. The van der Waals surface area contributed by atoms with Gasteiger partial charge in [0.15, 0.2) is 0 Å². The number of ether oxygens (including phenoxy) is 1. The molecular weight excluding hydrogens is 364 g/mol. The van der Waals surface area contributed by atoms with Crippen molar-refractivity contribution in [2.75, 3.05) is 12.4 Å². The summed E-state index contributed by atoms with van der Waals surface area (Å²) in [4.78, 5) is 12.6. The van der Waals surface area contributed by atoms with Crippen LogP contribution in [0.25, 0.3) is 0 Å². The molecule has 7 heteroatoms. The maximum atomic E-state index is 12.6. The van der Waals surface area contributed by atoms with Gasteiger partial charge in [0, 0.05) is 11.6 Å². The molecule has 0 unspecified atom stereocenters. The first-order valence-corrected chi connectivity index (χ1v) is 10.3. The van der Waals surface area contributed by atoms with E-state index in [4.69, 9.17) is 4.74 Å². The zero-order valence-electron chi connectivity index (χ0n) is 16.1. The predicted molar refractivity (Wildman–Crippen MR) is 107 cm³/mol. The molecule has 0 fully saturated rings. The van der Waals surface area contributed by atoms with E-state index in [-0.39, 0.29) is 16.8 Å². The zero-order valence-corrected chi connectivity index (χ0v) is 16.9. The molecule has 0 aliphatic rings. The number of sulfonamides is 1. The van der Waals surface area contributed by atoms with Crippen LogP contribution in [0.3, 0.4) is 0 Å². The van der Waals surface area contributed by atoms with Gasteiger partial charge in [-0.3, -0.25) is 4.79 Å². The Morgan fingerprint density at radius 3 is 2.41 bits per heavy atom. The number of hydrogen-bond acceptors (Lipinski definition) is 4. The smallest absolute Gasteiger partial charge is 0.255 e. The lowest BCUT2D eigenvalue weighted by atomic mass is 10.1. The molecule has 2 aromatic rings. The Morgan fingerprint density at radius 1 is 1.15 bits per heavy atom. The number of aryl methyl sites for hydroxylation is 1. The van der Waals surface area contributed by atoms with Crippen LogP contribution in [0, 0.1) is 6.92 Å². The quantitative estimate of drug-likeness (QED) is 0.719. The summed E-state index contributed by atoms with van der Waals surface area (Å²) < 4.78 is 33.1. The van der Waals surface area contributed by atoms with Crippen molar-refractivity contribution < 1.29 is 17.9 Å². The fourth-order valence-corrected chi connectivity index (χ4v) is 3.98. The summed E-state index contributed by atoms with van der Waals surface area (Å²) in [7, 11) is -2.23. The number of nitrogens with one attached hydrogen (secondary N) is 2. The number of hydrogen-bond donors (Lipinski definition) is 2. The van der Waals surface area contributed by atoms with Crippen LogP contribution >= 0.6 is 0 Å². The number of methoxy groups -OCH3 is 1. The van der Waals surface area contributed by atoms with Crippen LogP contribution in [-0.2, 0) is 10.0 Å². The van der Waals surface area contributed by atoms with Gasteiger partial charge in [-0.05, 0) is 50.6 Å². The van der Waals surface area contributed by atoms with Crippen molar-refractivity contribution in [1.29, 1.82) is 0 Å². The van der Waals surface area contributed by atoms with Gasteiger partial charge < -0.3 is 10.1 Å². The molecule has 0 aliphatic carbocycles.